The van der Waals surface area contributed by atoms with Crippen LogP contribution in [-0.4, -0.2) is 72.1 Å². The van der Waals surface area contributed by atoms with Crippen molar-refractivity contribution >= 4 is 23.4 Å². The molecule has 9 nitrogen and oxygen atoms in total. The van der Waals surface area contributed by atoms with Crippen molar-refractivity contribution in [3.63, 3.8) is 0 Å². The molecule has 33 heavy (non-hydrogen) atoms. The van der Waals surface area contributed by atoms with Gasteiger partial charge < -0.3 is 20.3 Å². The molecular formula is C24H29N7O2. The maximum absolute atomic E-state index is 12.8. The molecule has 1 aliphatic rings. The molecule has 0 bridgehead atoms. The van der Waals surface area contributed by atoms with Gasteiger partial charge in [0.05, 0.1) is 18.4 Å². The van der Waals surface area contributed by atoms with Crippen LogP contribution in [0.25, 0.3) is 0 Å². The number of hydrogen-bond acceptors (Lipinski definition) is 8. The molecule has 2 N–H and O–H groups in total. The first-order valence-electron chi connectivity index (χ1n) is 11.1. The highest BCUT2D eigenvalue weighted by Crippen LogP contribution is 2.27. The Morgan fingerprint density at radius 2 is 1.73 bits per heavy atom. The van der Waals surface area contributed by atoms with Crippen molar-refractivity contribution in [3.05, 3.63) is 66.6 Å². The number of amides is 1. The minimum absolute atomic E-state index is 0.147. The van der Waals surface area contributed by atoms with E-state index >= 15 is 0 Å². The van der Waals surface area contributed by atoms with Gasteiger partial charge in [0.25, 0.3) is 5.91 Å². The third-order valence-electron chi connectivity index (χ3n) is 5.56. The average molecular weight is 448 g/mol. The van der Waals surface area contributed by atoms with E-state index in [9.17, 15) is 4.79 Å². The fraction of sp³-hybridized carbons (Fsp3) is 0.333. The predicted molar refractivity (Wildman–Crippen MR) is 128 cm³/mol. The molecule has 0 spiro atoms. The lowest BCUT2D eigenvalue weighted by Gasteiger charge is -2.34. The number of piperazine rings is 1. The Bertz CT molecular complexity index is 1040. The van der Waals surface area contributed by atoms with Crippen molar-refractivity contribution in [1.29, 1.82) is 0 Å². The Labute approximate surface area is 193 Å². The van der Waals surface area contributed by atoms with E-state index in [1.807, 2.05) is 30.3 Å². The number of para-hydroxylation sites is 2. The Hall–Kier alpha value is -3.72. The fourth-order valence-electron chi connectivity index (χ4n) is 3.79. The van der Waals surface area contributed by atoms with Crippen LogP contribution in [0.2, 0.25) is 0 Å². The number of carbonyl (C=O) groups excluding carboxylic acids is 1. The molecule has 0 atom stereocenters. The third-order valence-corrected chi connectivity index (χ3v) is 5.56. The average Bonchev–Trinajstić information content (AvgIpc) is 2.88. The summed E-state index contributed by atoms with van der Waals surface area (Å²) in [5.41, 5.74) is 1.26. The molecular weight excluding hydrogens is 418 g/mol. The Morgan fingerprint density at radius 1 is 0.970 bits per heavy atom. The summed E-state index contributed by atoms with van der Waals surface area (Å²) >= 11 is 0. The van der Waals surface area contributed by atoms with Crippen LogP contribution in [0.15, 0.2) is 61.1 Å². The van der Waals surface area contributed by atoms with Gasteiger partial charge in [-0.2, -0.15) is 0 Å². The smallest absolute Gasteiger partial charge is 0.255 e. The van der Waals surface area contributed by atoms with Crippen molar-refractivity contribution < 1.29 is 9.53 Å². The number of carbonyl (C=O) groups is 1. The van der Waals surface area contributed by atoms with Gasteiger partial charge in [0.1, 0.15) is 11.6 Å². The van der Waals surface area contributed by atoms with Gasteiger partial charge >= 0.3 is 0 Å². The number of anilines is 3. The molecule has 9 heteroatoms. The Morgan fingerprint density at radius 3 is 2.52 bits per heavy atom. The first kappa shape index (κ1) is 22.5. The van der Waals surface area contributed by atoms with Crippen LogP contribution in [-0.2, 0) is 0 Å². The quantitative estimate of drug-likeness (QED) is 0.483. The Balaban J connectivity index is 1.24. The van der Waals surface area contributed by atoms with Gasteiger partial charge in [0.15, 0.2) is 0 Å². The van der Waals surface area contributed by atoms with E-state index in [0.29, 0.717) is 23.7 Å². The van der Waals surface area contributed by atoms with Crippen LogP contribution >= 0.6 is 0 Å². The summed E-state index contributed by atoms with van der Waals surface area (Å²) in [6.07, 6.45) is 6.09. The van der Waals surface area contributed by atoms with E-state index in [1.165, 1.54) is 0 Å². The van der Waals surface area contributed by atoms with E-state index in [-0.39, 0.29) is 5.91 Å². The van der Waals surface area contributed by atoms with E-state index < -0.39 is 0 Å². The van der Waals surface area contributed by atoms with Crippen LogP contribution < -0.4 is 20.3 Å². The van der Waals surface area contributed by atoms with E-state index in [0.717, 1.165) is 50.8 Å². The SMILES string of the molecule is COc1ccccc1Nc1ncccc1C(=O)NCCCN1CCN(c2ncccn2)CC1. The molecule has 1 saturated heterocycles. The van der Waals surface area contributed by atoms with Crippen LogP contribution in [0.4, 0.5) is 17.5 Å². The number of nitrogens with one attached hydrogen (secondary N) is 2. The summed E-state index contributed by atoms with van der Waals surface area (Å²) in [5.74, 6) is 1.83. The third kappa shape index (κ3) is 5.95. The minimum atomic E-state index is -0.147. The summed E-state index contributed by atoms with van der Waals surface area (Å²) in [4.78, 5) is 30.4. The molecule has 1 aliphatic heterocycles. The first-order valence-corrected chi connectivity index (χ1v) is 11.1. The maximum atomic E-state index is 12.8. The molecule has 1 amide bonds. The highest BCUT2D eigenvalue weighted by Gasteiger charge is 2.18. The van der Waals surface area contributed by atoms with Crippen LogP contribution in [0.1, 0.15) is 16.8 Å². The molecule has 4 rings (SSSR count). The highest BCUT2D eigenvalue weighted by atomic mass is 16.5. The second kappa shape index (κ2) is 11.2. The van der Waals surface area contributed by atoms with Gasteiger partial charge in [0, 0.05) is 51.3 Å². The van der Waals surface area contributed by atoms with E-state index in [2.05, 4.69) is 35.4 Å². The second-order valence-corrected chi connectivity index (χ2v) is 7.71. The van der Waals surface area contributed by atoms with Crippen molar-refractivity contribution in [2.24, 2.45) is 0 Å². The summed E-state index contributed by atoms with van der Waals surface area (Å²) in [6, 6.07) is 12.9. The molecule has 172 valence electrons. The van der Waals surface area contributed by atoms with Gasteiger partial charge in [-0.3, -0.25) is 9.69 Å². The number of aromatic nitrogens is 3. The highest BCUT2D eigenvalue weighted by molar-refractivity contribution is 5.99. The first-order chi connectivity index (χ1) is 16.2. The normalized spacial score (nSPS) is 14.0. The lowest BCUT2D eigenvalue weighted by molar-refractivity contribution is 0.0952. The second-order valence-electron chi connectivity index (χ2n) is 7.71. The van der Waals surface area contributed by atoms with Crippen LogP contribution in [0.3, 0.4) is 0 Å². The maximum Gasteiger partial charge on any atom is 0.255 e. The number of benzene rings is 1. The van der Waals surface area contributed by atoms with Crippen molar-refractivity contribution in [3.8, 4) is 5.75 Å². The molecule has 0 radical (unpaired) electrons. The molecule has 1 fully saturated rings. The van der Waals surface area contributed by atoms with Crippen LogP contribution in [0.5, 0.6) is 5.75 Å². The van der Waals surface area contributed by atoms with Crippen LogP contribution in [0, 0.1) is 0 Å². The molecule has 2 aromatic heterocycles. The molecule has 1 aromatic carbocycles. The van der Waals surface area contributed by atoms with Crippen molar-refractivity contribution in [2.45, 2.75) is 6.42 Å². The standard InChI is InChI=1S/C24H29N7O2/c1-33-21-9-3-2-8-20(21)29-22-19(7-4-10-25-22)23(32)26-13-6-14-30-15-17-31(18-16-30)24-27-11-5-12-28-24/h2-5,7-12H,6,13-18H2,1H3,(H,25,29)(H,26,32). The summed E-state index contributed by atoms with van der Waals surface area (Å²) < 4.78 is 5.38. The lowest BCUT2D eigenvalue weighted by atomic mass is 10.2. The molecule has 3 aromatic rings. The van der Waals surface area contributed by atoms with E-state index in [1.54, 1.807) is 37.8 Å². The van der Waals surface area contributed by atoms with Gasteiger partial charge in [-0.1, -0.05) is 12.1 Å². The summed E-state index contributed by atoms with van der Waals surface area (Å²) in [5, 5.41) is 6.23. The number of nitrogens with zero attached hydrogens (tertiary/aromatic N) is 5. The monoisotopic (exact) mass is 447 g/mol. The van der Waals surface area contributed by atoms with Crippen molar-refractivity contribution in [2.75, 3.05) is 56.6 Å². The van der Waals surface area contributed by atoms with Gasteiger partial charge in [-0.25, -0.2) is 15.0 Å². The number of hydrogen-bond donors (Lipinski definition) is 2. The lowest BCUT2D eigenvalue weighted by Crippen LogP contribution is -2.47. The molecule has 0 aliphatic carbocycles. The predicted octanol–water partition coefficient (Wildman–Crippen LogP) is 2.57. The molecule has 0 unspecified atom stereocenters. The summed E-state index contributed by atoms with van der Waals surface area (Å²) in [6.45, 7) is 5.27. The number of ether oxygens (including phenoxy) is 1. The zero-order chi connectivity index (χ0) is 22.9. The number of methoxy groups -OCH3 is 1. The molecule has 3 heterocycles. The zero-order valence-electron chi connectivity index (χ0n) is 18.8. The van der Waals surface area contributed by atoms with Gasteiger partial charge in [-0.15, -0.1) is 0 Å². The number of pyridine rings is 1. The number of rotatable bonds is 9. The Kier molecular flexibility index (Phi) is 7.65. The topological polar surface area (TPSA) is 95.5 Å². The van der Waals surface area contributed by atoms with E-state index in [4.69, 9.17) is 4.74 Å². The van der Waals surface area contributed by atoms with Crippen molar-refractivity contribution in [1.82, 2.24) is 25.2 Å². The fourth-order valence-corrected chi connectivity index (χ4v) is 3.79. The van der Waals surface area contributed by atoms with Gasteiger partial charge in [0.2, 0.25) is 5.95 Å². The minimum Gasteiger partial charge on any atom is -0.495 e. The molecule has 0 saturated carbocycles. The van der Waals surface area contributed by atoms with Gasteiger partial charge in [-0.05, 0) is 43.3 Å². The summed E-state index contributed by atoms with van der Waals surface area (Å²) in [7, 11) is 1.61. The zero-order valence-corrected chi connectivity index (χ0v) is 18.8. The largest absolute Gasteiger partial charge is 0.495 e.